The molecule has 0 saturated heterocycles. The zero-order valence-electron chi connectivity index (χ0n) is 34.1. The van der Waals surface area contributed by atoms with E-state index in [4.69, 9.17) is 0 Å². The molecule has 5 aliphatic carbocycles. The van der Waals surface area contributed by atoms with E-state index >= 15 is 0 Å². The number of benzene rings is 8. The molecule has 4 saturated carbocycles. The predicted octanol–water partition coefficient (Wildman–Crippen LogP) is 15.3. The van der Waals surface area contributed by atoms with Crippen molar-refractivity contribution in [3.63, 3.8) is 0 Å². The molecule has 13 rings (SSSR count). The van der Waals surface area contributed by atoms with E-state index in [0.717, 1.165) is 29.1 Å². The molecular weight excluding hydrogens is 723 g/mol. The maximum atomic E-state index is 2.50. The Hall–Kier alpha value is -6.44. The van der Waals surface area contributed by atoms with Gasteiger partial charge in [-0.05, 0) is 159 Å². The Morgan fingerprint density at radius 1 is 0.333 bits per heavy atom. The minimum Gasteiger partial charge on any atom is -0.310 e. The van der Waals surface area contributed by atoms with Crippen LogP contribution in [0.3, 0.4) is 0 Å². The van der Waals surface area contributed by atoms with Crippen LogP contribution in [0.5, 0.6) is 0 Å². The quantitative estimate of drug-likeness (QED) is 0.149. The summed E-state index contributed by atoms with van der Waals surface area (Å²) in [5.74, 6) is 2.76. The van der Waals surface area contributed by atoms with E-state index < -0.39 is 5.41 Å². The molecule has 0 heterocycles. The van der Waals surface area contributed by atoms with Gasteiger partial charge < -0.3 is 4.90 Å². The Morgan fingerprint density at radius 3 is 1.33 bits per heavy atom. The first-order valence-corrected chi connectivity index (χ1v) is 22.2. The van der Waals surface area contributed by atoms with E-state index in [1.807, 2.05) is 0 Å². The molecule has 8 aromatic rings. The van der Waals surface area contributed by atoms with Crippen molar-refractivity contribution in [2.45, 2.75) is 49.4 Å². The monoisotopic (exact) mass is 771 g/mol. The molecule has 0 amide bonds. The summed E-state index contributed by atoms with van der Waals surface area (Å²) in [4.78, 5) is 2.50. The fourth-order valence-electron chi connectivity index (χ4n) is 12.8. The van der Waals surface area contributed by atoms with Gasteiger partial charge in [-0.3, -0.25) is 0 Å². The van der Waals surface area contributed by atoms with Crippen LogP contribution in [0.4, 0.5) is 17.1 Å². The molecule has 0 aliphatic heterocycles. The van der Waals surface area contributed by atoms with Gasteiger partial charge in [-0.15, -0.1) is 0 Å². The SMILES string of the molecule is c1ccc(-c2ccccc2-c2ccc(N(c3ccc(C45CC6CC(CC(C6)C4)C5)cc3)c3ccc4c(c3)C(c3ccccc3)(c3ccccc3)c3ccccc3-4)cc2)cc1. The average Bonchev–Trinajstić information content (AvgIpc) is 3.60. The van der Waals surface area contributed by atoms with E-state index in [-0.39, 0.29) is 0 Å². The third-order valence-corrected chi connectivity index (χ3v) is 14.9. The second kappa shape index (κ2) is 14.1. The zero-order chi connectivity index (χ0) is 39.7. The van der Waals surface area contributed by atoms with Gasteiger partial charge in [0.15, 0.2) is 0 Å². The Morgan fingerprint density at radius 2 is 0.767 bits per heavy atom. The maximum Gasteiger partial charge on any atom is 0.0714 e. The number of anilines is 3. The van der Waals surface area contributed by atoms with E-state index in [9.17, 15) is 0 Å². The molecule has 0 unspecified atom stereocenters. The Kier molecular flexibility index (Phi) is 8.34. The molecule has 0 aromatic heterocycles. The smallest absolute Gasteiger partial charge is 0.0714 e. The van der Waals surface area contributed by atoms with Crippen LogP contribution < -0.4 is 4.90 Å². The van der Waals surface area contributed by atoms with Gasteiger partial charge >= 0.3 is 0 Å². The van der Waals surface area contributed by atoms with Crippen LogP contribution >= 0.6 is 0 Å². The topological polar surface area (TPSA) is 3.24 Å². The van der Waals surface area contributed by atoms with Crippen LogP contribution in [0.2, 0.25) is 0 Å². The number of rotatable bonds is 8. The summed E-state index contributed by atoms with van der Waals surface area (Å²) in [6.45, 7) is 0. The Balaban J connectivity index is 1.02. The van der Waals surface area contributed by atoms with Crippen LogP contribution in [-0.4, -0.2) is 0 Å². The van der Waals surface area contributed by atoms with Gasteiger partial charge in [0.1, 0.15) is 0 Å². The first-order chi connectivity index (χ1) is 29.7. The fourth-order valence-corrected chi connectivity index (χ4v) is 12.8. The summed E-state index contributed by atoms with van der Waals surface area (Å²) in [6, 6.07) is 77.3. The van der Waals surface area contributed by atoms with Crippen LogP contribution in [0.25, 0.3) is 33.4 Å². The second-order valence-corrected chi connectivity index (χ2v) is 18.3. The highest BCUT2D eigenvalue weighted by Crippen LogP contribution is 2.61. The molecular formula is C59H49N. The van der Waals surface area contributed by atoms with Crippen molar-refractivity contribution in [2.75, 3.05) is 4.90 Å². The first-order valence-electron chi connectivity index (χ1n) is 22.2. The lowest BCUT2D eigenvalue weighted by Crippen LogP contribution is -2.48. The molecule has 4 bridgehead atoms. The predicted molar refractivity (Wildman–Crippen MR) is 249 cm³/mol. The first kappa shape index (κ1) is 35.5. The zero-order valence-corrected chi connectivity index (χ0v) is 34.1. The molecule has 5 aliphatic rings. The summed E-state index contributed by atoms with van der Waals surface area (Å²) < 4.78 is 0. The van der Waals surface area contributed by atoms with E-state index in [2.05, 4.69) is 211 Å². The van der Waals surface area contributed by atoms with E-state index in [1.54, 1.807) is 5.56 Å². The van der Waals surface area contributed by atoms with Gasteiger partial charge in [0.25, 0.3) is 0 Å². The highest BCUT2D eigenvalue weighted by Gasteiger charge is 2.51. The van der Waals surface area contributed by atoms with Gasteiger partial charge in [-0.2, -0.15) is 0 Å². The van der Waals surface area contributed by atoms with Crippen molar-refractivity contribution in [3.8, 4) is 33.4 Å². The van der Waals surface area contributed by atoms with Crippen molar-refractivity contribution in [1.82, 2.24) is 0 Å². The summed E-state index contributed by atoms with van der Waals surface area (Å²) in [7, 11) is 0. The molecule has 1 heteroatoms. The van der Waals surface area contributed by atoms with Gasteiger partial charge in [-0.1, -0.05) is 170 Å². The second-order valence-electron chi connectivity index (χ2n) is 18.3. The van der Waals surface area contributed by atoms with Gasteiger partial charge in [-0.25, -0.2) is 0 Å². The standard InChI is InChI=1S/C59H49N/c1-4-14-44(15-5-1)52-20-10-11-21-53(52)45-24-28-49(29-25-45)60(50-30-26-46(27-31-50)58-38-41-34-42(39-58)36-43(35-41)40-58)51-32-33-55-54-22-12-13-23-56(54)59(57(55)37-51,47-16-6-2-7-17-47)48-18-8-3-9-19-48/h1-33,37,41-43H,34-36,38-40H2. The van der Waals surface area contributed by atoms with Crippen molar-refractivity contribution in [1.29, 1.82) is 0 Å². The van der Waals surface area contributed by atoms with Crippen molar-refractivity contribution in [3.05, 3.63) is 234 Å². The lowest BCUT2D eigenvalue weighted by Gasteiger charge is -2.57. The van der Waals surface area contributed by atoms with Crippen molar-refractivity contribution < 1.29 is 0 Å². The van der Waals surface area contributed by atoms with Crippen molar-refractivity contribution in [2.24, 2.45) is 17.8 Å². The van der Waals surface area contributed by atoms with E-state index in [1.165, 1.54) is 99.8 Å². The molecule has 0 N–H and O–H groups in total. The minimum atomic E-state index is -0.469. The molecule has 60 heavy (non-hydrogen) atoms. The highest BCUT2D eigenvalue weighted by molar-refractivity contribution is 5.90. The number of hydrogen-bond acceptors (Lipinski definition) is 1. The Bertz CT molecular complexity index is 2750. The third kappa shape index (κ3) is 5.59. The lowest BCUT2D eigenvalue weighted by molar-refractivity contribution is -0.00518. The fraction of sp³-hybridized carbons (Fsp3) is 0.186. The summed E-state index contributed by atoms with van der Waals surface area (Å²) in [5.41, 5.74) is 17.7. The van der Waals surface area contributed by atoms with E-state index in [0.29, 0.717) is 5.41 Å². The average molecular weight is 772 g/mol. The highest BCUT2D eigenvalue weighted by atomic mass is 15.1. The molecule has 8 aromatic carbocycles. The van der Waals surface area contributed by atoms with Crippen LogP contribution in [0, 0.1) is 17.8 Å². The van der Waals surface area contributed by atoms with Crippen LogP contribution in [0.1, 0.15) is 66.3 Å². The molecule has 0 radical (unpaired) electrons. The minimum absolute atomic E-state index is 0.357. The summed E-state index contributed by atoms with van der Waals surface area (Å²) in [5, 5.41) is 0. The lowest BCUT2D eigenvalue weighted by atomic mass is 9.48. The number of hydrogen-bond donors (Lipinski definition) is 0. The van der Waals surface area contributed by atoms with Crippen LogP contribution in [0.15, 0.2) is 206 Å². The van der Waals surface area contributed by atoms with Crippen LogP contribution in [-0.2, 0) is 10.8 Å². The van der Waals surface area contributed by atoms with Gasteiger partial charge in [0, 0.05) is 17.1 Å². The number of fused-ring (bicyclic) bond motifs is 3. The summed E-state index contributed by atoms with van der Waals surface area (Å²) >= 11 is 0. The molecule has 4 fully saturated rings. The maximum absolute atomic E-state index is 2.50. The molecule has 290 valence electrons. The molecule has 1 nitrogen and oxygen atoms in total. The largest absolute Gasteiger partial charge is 0.310 e. The van der Waals surface area contributed by atoms with Crippen molar-refractivity contribution >= 4 is 17.1 Å². The third-order valence-electron chi connectivity index (χ3n) is 14.9. The molecule has 0 atom stereocenters. The Labute approximate surface area is 355 Å². The normalized spacial score (nSPS) is 21.6. The van der Waals surface area contributed by atoms with Gasteiger partial charge in [0.2, 0.25) is 0 Å². The summed E-state index contributed by atoms with van der Waals surface area (Å²) in [6.07, 6.45) is 8.52. The number of nitrogens with zero attached hydrogens (tertiary/aromatic N) is 1. The molecule has 0 spiro atoms. The van der Waals surface area contributed by atoms with Gasteiger partial charge in [0.05, 0.1) is 5.41 Å².